The second-order valence-corrected chi connectivity index (χ2v) is 7.40. The summed E-state index contributed by atoms with van der Waals surface area (Å²) in [6, 6.07) is 14.0. The Labute approximate surface area is 171 Å². The van der Waals surface area contributed by atoms with Gasteiger partial charge >= 0.3 is 0 Å². The van der Waals surface area contributed by atoms with Gasteiger partial charge in [-0.2, -0.15) is 0 Å². The minimum Gasteiger partial charge on any atom is -0.309 e. The third kappa shape index (κ3) is 5.32. The summed E-state index contributed by atoms with van der Waals surface area (Å²) in [5.41, 5.74) is 3.13. The zero-order valence-electron chi connectivity index (χ0n) is 14.9. The molecule has 0 saturated heterocycles. The van der Waals surface area contributed by atoms with Crippen molar-refractivity contribution < 1.29 is 9.18 Å². The van der Waals surface area contributed by atoms with E-state index in [2.05, 4.69) is 37.9 Å². The molecule has 0 fully saturated rings. The minimum absolute atomic E-state index is 0.127. The van der Waals surface area contributed by atoms with Gasteiger partial charge in [0.25, 0.3) is 0 Å². The van der Waals surface area contributed by atoms with Gasteiger partial charge in [-0.1, -0.05) is 25.5 Å². The summed E-state index contributed by atoms with van der Waals surface area (Å²) >= 11 is 2.23. The van der Waals surface area contributed by atoms with Crippen LogP contribution in [-0.2, 0) is 17.6 Å². The molecule has 3 rings (SSSR count). The van der Waals surface area contributed by atoms with Crippen LogP contribution in [0.2, 0.25) is 0 Å². The molecule has 0 spiro atoms. The predicted octanol–water partition coefficient (Wildman–Crippen LogP) is 5.02. The average molecular weight is 475 g/mol. The van der Waals surface area contributed by atoms with Crippen LogP contribution in [0.4, 0.5) is 10.2 Å². The van der Waals surface area contributed by atoms with E-state index in [1.54, 1.807) is 18.3 Å². The molecule has 0 atom stereocenters. The Hall–Kier alpha value is -2.35. The van der Waals surface area contributed by atoms with E-state index in [0.29, 0.717) is 17.9 Å². The number of nitrogens with one attached hydrogen (secondary N) is 1. The number of hydrogen-bond acceptors (Lipinski definition) is 3. The monoisotopic (exact) mass is 475 g/mol. The van der Waals surface area contributed by atoms with Crippen LogP contribution in [0.3, 0.4) is 0 Å². The van der Waals surface area contributed by atoms with Crippen LogP contribution in [0.25, 0.3) is 11.3 Å². The quantitative estimate of drug-likeness (QED) is 0.510. The maximum absolute atomic E-state index is 13.1. The molecule has 0 aliphatic carbocycles. The van der Waals surface area contributed by atoms with Crippen LogP contribution < -0.4 is 5.32 Å². The van der Waals surface area contributed by atoms with Gasteiger partial charge in [0.1, 0.15) is 5.82 Å². The number of anilines is 1. The van der Waals surface area contributed by atoms with Crippen molar-refractivity contribution in [1.29, 1.82) is 0 Å². The van der Waals surface area contributed by atoms with E-state index in [4.69, 9.17) is 0 Å². The highest BCUT2D eigenvalue weighted by Gasteiger charge is 2.12. The van der Waals surface area contributed by atoms with E-state index < -0.39 is 0 Å². The summed E-state index contributed by atoms with van der Waals surface area (Å²) in [4.78, 5) is 21.4. The lowest BCUT2D eigenvalue weighted by molar-refractivity contribution is -0.115. The molecule has 1 aromatic heterocycles. The first kappa shape index (κ1) is 19.4. The van der Waals surface area contributed by atoms with E-state index in [0.717, 1.165) is 26.8 Å². The summed E-state index contributed by atoms with van der Waals surface area (Å²) in [7, 11) is 0. The third-order valence-electron chi connectivity index (χ3n) is 4.01. The van der Waals surface area contributed by atoms with Gasteiger partial charge in [0.05, 0.1) is 24.0 Å². The van der Waals surface area contributed by atoms with Crippen LogP contribution >= 0.6 is 22.6 Å². The molecule has 0 saturated carbocycles. The average Bonchev–Trinajstić information content (AvgIpc) is 2.66. The summed E-state index contributed by atoms with van der Waals surface area (Å²) < 4.78 is 14.3. The maximum atomic E-state index is 13.1. The zero-order valence-corrected chi connectivity index (χ0v) is 17.0. The van der Waals surface area contributed by atoms with E-state index in [1.807, 2.05) is 31.2 Å². The predicted molar refractivity (Wildman–Crippen MR) is 113 cm³/mol. The van der Waals surface area contributed by atoms with Crippen molar-refractivity contribution in [2.45, 2.75) is 26.2 Å². The Morgan fingerprint density at radius 1 is 1.11 bits per heavy atom. The first-order chi connectivity index (χ1) is 13.0. The number of halogens is 2. The Bertz CT molecular complexity index is 927. The fraction of sp³-hybridized carbons (Fsp3) is 0.190. The summed E-state index contributed by atoms with van der Waals surface area (Å²) in [5.74, 6) is 0.0654. The molecule has 6 heteroatoms. The summed E-state index contributed by atoms with van der Waals surface area (Å²) in [6.45, 7) is 2.05. The number of amides is 1. The lowest BCUT2D eigenvalue weighted by Gasteiger charge is -2.11. The van der Waals surface area contributed by atoms with Crippen LogP contribution in [0.1, 0.15) is 24.6 Å². The molecule has 1 amide bonds. The number of aromatic nitrogens is 2. The second-order valence-electron chi connectivity index (χ2n) is 6.16. The number of carbonyl (C=O) groups excluding carboxylic acids is 1. The first-order valence-electron chi connectivity index (χ1n) is 8.71. The molecule has 0 aliphatic rings. The van der Waals surface area contributed by atoms with Gasteiger partial charge < -0.3 is 5.32 Å². The normalized spacial score (nSPS) is 10.6. The fourth-order valence-electron chi connectivity index (χ4n) is 2.67. The molecule has 0 radical (unpaired) electrons. The van der Waals surface area contributed by atoms with Gasteiger partial charge in [0, 0.05) is 9.13 Å². The Balaban J connectivity index is 1.78. The molecule has 138 valence electrons. The van der Waals surface area contributed by atoms with Gasteiger partial charge in [-0.3, -0.25) is 4.79 Å². The van der Waals surface area contributed by atoms with Crippen LogP contribution in [0, 0.1) is 9.39 Å². The molecule has 3 aromatic rings. The number of hydrogen-bond donors (Lipinski definition) is 1. The molecule has 0 aliphatic heterocycles. The topological polar surface area (TPSA) is 54.9 Å². The Morgan fingerprint density at radius 2 is 1.81 bits per heavy atom. The maximum Gasteiger partial charge on any atom is 0.229 e. The highest BCUT2D eigenvalue weighted by Crippen LogP contribution is 2.21. The molecule has 0 unspecified atom stereocenters. The SMILES string of the molecule is CCCc1nc(-c2ccc(F)cc2)cnc1NC(=O)Cc1ccc(I)cc1. The van der Waals surface area contributed by atoms with Gasteiger partial charge in [0.2, 0.25) is 5.91 Å². The summed E-state index contributed by atoms with van der Waals surface area (Å²) in [5, 5.41) is 2.87. The van der Waals surface area contributed by atoms with Crippen molar-refractivity contribution in [2.75, 3.05) is 5.32 Å². The van der Waals surface area contributed by atoms with E-state index in [9.17, 15) is 9.18 Å². The Kier molecular flexibility index (Phi) is 6.49. The van der Waals surface area contributed by atoms with E-state index in [1.165, 1.54) is 12.1 Å². The molecular weight excluding hydrogens is 456 g/mol. The number of nitrogens with zero attached hydrogens (tertiary/aromatic N) is 2. The minimum atomic E-state index is -0.292. The lowest BCUT2D eigenvalue weighted by atomic mass is 10.1. The van der Waals surface area contributed by atoms with E-state index >= 15 is 0 Å². The molecule has 1 heterocycles. The third-order valence-corrected chi connectivity index (χ3v) is 4.73. The van der Waals surface area contributed by atoms with Gasteiger partial charge in [0.15, 0.2) is 5.82 Å². The number of carbonyl (C=O) groups is 1. The highest BCUT2D eigenvalue weighted by atomic mass is 127. The first-order valence-corrected chi connectivity index (χ1v) is 9.79. The molecule has 1 N–H and O–H groups in total. The van der Waals surface area contributed by atoms with E-state index in [-0.39, 0.29) is 18.1 Å². The van der Waals surface area contributed by atoms with Gasteiger partial charge in [-0.25, -0.2) is 14.4 Å². The summed E-state index contributed by atoms with van der Waals surface area (Å²) in [6.07, 6.45) is 3.46. The van der Waals surface area contributed by atoms with Crippen molar-refractivity contribution in [1.82, 2.24) is 9.97 Å². The zero-order chi connectivity index (χ0) is 19.2. The number of benzene rings is 2. The van der Waals surface area contributed by atoms with Gasteiger partial charge in [-0.05, 0) is 71.0 Å². The molecule has 4 nitrogen and oxygen atoms in total. The van der Waals surface area contributed by atoms with Crippen molar-refractivity contribution >= 4 is 34.3 Å². The van der Waals surface area contributed by atoms with Crippen LogP contribution in [0.15, 0.2) is 54.7 Å². The molecular formula is C21H19FIN3O. The molecule has 27 heavy (non-hydrogen) atoms. The largest absolute Gasteiger partial charge is 0.309 e. The fourth-order valence-corrected chi connectivity index (χ4v) is 3.03. The Morgan fingerprint density at radius 3 is 2.48 bits per heavy atom. The van der Waals surface area contributed by atoms with Crippen LogP contribution in [-0.4, -0.2) is 15.9 Å². The number of aryl methyl sites for hydroxylation is 1. The smallest absolute Gasteiger partial charge is 0.229 e. The van der Waals surface area contributed by atoms with Gasteiger partial charge in [-0.15, -0.1) is 0 Å². The van der Waals surface area contributed by atoms with Crippen molar-refractivity contribution in [3.8, 4) is 11.3 Å². The highest BCUT2D eigenvalue weighted by molar-refractivity contribution is 14.1. The number of rotatable bonds is 6. The molecule has 0 bridgehead atoms. The van der Waals surface area contributed by atoms with Crippen LogP contribution in [0.5, 0.6) is 0 Å². The standard InChI is InChI=1S/C21H19FIN3O/c1-2-3-18-21(26-20(27)12-14-4-10-17(23)11-5-14)24-13-19(25-18)15-6-8-16(22)9-7-15/h4-11,13H,2-3,12H2,1H3,(H,24,26,27). The van der Waals surface area contributed by atoms with Crippen molar-refractivity contribution in [2.24, 2.45) is 0 Å². The lowest BCUT2D eigenvalue weighted by Crippen LogP contribution is -2.17. The second kappa shape index (κ2) is 9.03. The van der Waals surface area contributed by atoms with Crippen molar-refractivity contribution in [3.63, 3.8) is 0 Å². The molecule has 2 aromatic carbocycles. The van der Waals surface area contributed by atoms with Crippen molar-refractivity contribution in [3.05, 3.63) is 75.4 Å².